The molecule has 3 aliphatic rings. The highest BCUT2D eigenvalue weighted by molar-refractivity contribution is 6.04. The normalized spacial score (nSPS) is 19.5. The molecule has 0 spiro atoms. The van der Waals surface area contributed by atoms with Crippen molar-refractivity contribution in [3.8, 4) is 22.4 Å². The Morgan fingerprint density at radius 3 is 2.22 bits per heavy atom. The maximum atomic E-state index is 14.0. The Morgan fingerprint density at radius 2 is 1.53 bits per heavy atom. The van der Waals surface area contributed by atoms with E-state index in [4.69, 9.17) is 23.9 Å². The number of morpholine rings is 1. The zero-order valence-electron chi connectivity index (χ0n) is 31.7. The van der Waals surface area contributed by atoms with Gasteiger partial charge >= 0.3 is 6.09 Å². The second kappa shape index (κ2) is 17.5. The average molecular weight is 751 g/mol. The van der Waals surface area contributed by atoms with E-state index in [1.165, 1.54) is 7.11 Å². The first-order chi connectivity index (χ1) is 26.8. The maximum Gasteiger partial charge on any atom is 0.407 e. The summed E-state index contributed by atoms with van der Waals surface area (Å²) in [4.78, 5) is 51.9. The molecule has 290 valence electrons. The quantitative estimate of drug-likeness (QED) is 0.192. The van der Waals surface area contributed by atoms with Gasteiger partial charge in [0.1, 0.15) is 11.9 Å². The molecular weight excluding hydrogens is 700 g/mol. The molecule has 4 heterocycles. The number of aromatic nitrogens is 2. The number of methoxy groups -OCH3 is 1. The SMILES string of the molecule is COC(=O)N[C@H](C(=O)N1C[C@@H]2C[C@H]1c1nc(-c3ccc(-c4ccc(C(=O)Nc5ccc(N6CCOCC6)cc5)cc4)cc3)c([nH]1)COCCCCO2)C(C)C. The molecule has 13 nitrogen and oxygen atoms in total. The number of benzene rings is 3. The first-order valence-corrected chi connectivity index (χ1v) is 19.2. The molecule has 1 aromatic heterocycles. The molecule has 13 heteroatoms. The van der Waals surface area contributed by atoms with Gasteiger partial charge in [0.2, 0.25) is 5.91 Å². The minimum atomic E-state index is -0.765. The van der Waals surface area contributed by atoms with E-state index < -0.39 is 12.1 Å². The van der Waals surface area contributed by atoms with Crippen molar-refractivity contribution in [1.82, 2.24) is 20.2 Å². The molecule has 0 unspecified atom stereocenters. The summed E-state index contributed by atoms with van der Waals surface area (Å²) in [6.07, 6.45) is 1.47. The van der Waals surface area contributed by atoms with Crippen LogP contribution in [-0.4, -0.2) is 98.1 Å². The van der Waals surface area contributed by atoms with Gasteiger partial charge < -0.3 is 44.4 Å². The number of carbonyl (C=O) groups excluding carboxylic acids is 3. The van der Waals surface area contributed by atoms with Gasteiger partial charge in [-0.05, 0) is 66.3 Å². The van der Waals surface area contributed by atoms with Crippen LogP contribution in [0.4, 0.5) is 16.2 Å². The molecule has 2 fully saturated rings. The number of carbonyl (C=O) groups is 3. The van der Waals surface area contributed by atoms with Gasteiger partial charge in [-0.3, -0.25) is 9.59 Å². The summed E-state index contributed by atoms with van der Waals surface area (Å²) < 4.78 is 22.6. The topological polar surface area (TPSA) is 147 Å². The number of rotatable bonds is 8. The van der Waals surface area contributed by atoms with E-state index in [1.807, 2.05) is 86.6 Å². The van der Waals surface area contributed by atoms with Gasteiger partial charge in [-0.25, -0.2) is 9.78 Å². The first kappa shape index (κ1) is 38.1. The van der Waals surface area contributed by atoms with Crippen molar-refractivity contribution >= 4 is 29.3 Å². The average Bonchev–Trinajstić information content (AvgIpc) is 3.84. The fraction of sp³-hybridized carbons (Fsp3) is 0.429. The van der Waals surface area contributed by atoms with Crippen LogP contribution < -0.4 is 15.5 Å². The molecule has 0 saturated carbocycles. The number of fused-ring (bicyclic) bond motifs is 5. The standard InChI is InChI=1S/C42H50N6O7/c1-27(2)37(46-42(51)52-3)41(50)48-25-34-24-36(48)39-44-35(26-54-20-4-5-21-55-34)38(45-39)30-10-6-28(7-11-30)29-8-12-31(13-9-29)40(49)43-32-14-16-33(17-15-32)47-18-22-53-23-19-47/h6-17,27,34,36-37H,4-5,18-26H2,1-3H3,(H,43,49)(H,44,45)(H,46,51)/t34-,36-,37-/m0/s1. The first-order valence-electron chi connectivity index (χ1n) is 19.2. The van der Waals surface area contributed by atoms with Crippen LogP contribution >= 0.6 is 0 Å². The number of amides is 3. The number of H-pyrrole nitrogens is 1. The van der Waals surface area contributed by atoms with Gasteiger partial charge in [-0.15, -0.1) is 0 Å². The van der Waals surface area contributed by atoms with Crippen LogP contribution in [0.1, 0.15) is 61.0 Å². The van der Waals surface area contributed by atoms with Crippen molar-refractivity contribution < 1.29 is 33.3 Å². The van der Waals surface area contributed by atoms with E-state index in [2.05, 4.69) is 20.5 Å². The lowest BCUT2D eigenvalue weighted by molar-refractivity contribution is -0.136. The molecule has 7 rings (SSSR count). The predicted molar refractivity (Wildman–Crippen MR) is 209 cm³/mol. The summed E-state index contributed by atoms with van der Waals surface area (Å²) in [7, 11) is 1.29. The van der Waals surface area contributed by atoms with Crippen LogP contribution in [-0.2, 0) is 30.3 Å². The van der Waals surface area contributed by atoms with Gasteiger partial charge in [-0.2, -0.15) is 0 Å². The third-order valence-corrected chi connectivity index (χ3v) is 10.5. The van der Waals surface area contributed by atoms with Crippen LogP contribution in [0.3, 0.4) is 0 Å². The number of alkyl carbamates (subject to hydrolysis) is 1. The lowest BCUT2D eigenvalue weighted by Crippen LogP contribution is -2.51. The zero-order valence-corrected chi connectivity index (χ0v) is 31.7. The number of likely N-dealkylation sites (tertiary alicyclic amines) is 1. The Kier molecular flexibility index (Phi) is 12.1. The molecule has 0 aliphatic carbocycles. The molecule has 3 atom stereocenters. The molecular formula is C42H50N6O7. The number of aromatic amines is 1. The van der Waals surface area contributed by atoms with Crippen molar-refractivity contribution in [3.05, 3.63) is 89.9 Å². The van der Waals surface area contributed by atoms with Crippen molar-refractivity contribution in [3.63, 3.8) is 0 Å². The fourth-order valence-electron chi connectivity index (χ4n) is 7.38. The zero-order chi connectivity index (χ0) is 38.3. The van der Waals surface area contributed by atoms with E-state index >= 15 is 0 Å². The van der Waals surface area contributed by atoms with Crippen LogP contribution in [0.5, 0.6) is 0 Å². The summed E-state index contributed by atoms with van der Waals surface area (Å²) in [5, 5.41) is 5.73. The Balaban J connectivity index is 1.07. The van der Waals surface area contributed by atoms with Crippen molar-refractivity contribution in [1.29, 1.82) is 0 Å². The summed E-state index contributed by atoms with van der Waals surface area (Å²) >= 11 is 0. The van der Waals surface area contributed by atoms with Crippen molar-refractivity contribution in [2.24, 2.45) is 5.92 Å². The summed E-state index contributed by atoms with van der Waals surface area (Å²) in [6.45, 7) is 8.87. The van der Waals surface area contributed by atoms with Gasteiger partial charge in [0.15, 0.2) is 0 Å². The van der Waals surface area contributed by atoms with Gasteiger partial charge in [0.05, 0.1) is 50.5 Å². The highest BCUT2D eigenvalue weighted by atomic mass is 16.5. The second-order valence-corrected chi connectivity index (χ2v) is 14.6. The van der Waals surface area contributed by atoms with E-state index in [0.29, 0.717) is 44.2 Å². The number of hydrogen-bond acceptors (Lipinski definition) is 9. The Hall–Kier alpha value is -5.24. The minimum absolute atomic E-state index is 0.162. The van der Waals surface area contributed by atoms with Crippen LogP contribution in [0.15, 0.2) is 72.8 Å². The summed E-state index contributed by atoms with van der Waals surface area (Å²) in [5.41, 5.74) is 6.90. The predicted octanol–water partition coefficient (Wildman–Crippen LogP) is 6.18. The van der Waals surface area contributed by atoms with Crippen molar-refractivity contribution in [2.75, 3.05) is 63.4 Å². The minimum Gasteiger partial charge on any atom is -0.453 e. The molecule has 3 N–H and O–H groups in total. The number of imidazole rings is 1. The smallest absolute Gasteiger partial charge is 0.407 e. The molecule has 4 bridgehead atoms. The Morgan fingerprint density at radius 1 is 0.855 bits per heavy atom. The number of anilines is 2. The summed E-state index contributed by atoms with van der Waals surface area (Å²) in [5.74, 6) is 0.116. The highest BCUT2D eigenvalue weighted by Gasteiger charge is 2.42. The lowest BCUT2D eigenvalue weighted by Gasteiger charge is -2.29. The highest BCUT2D eigenvalue weighted by Crippen LogP contribution is 2.36. The summed E-state index contributed by atoms with van der Waals surface area (Å²) in [6, 6.07) is 22.5. The van der Waals surface area contributed by atoms with E-state index in [0.717, 1.165) is 78.6 Å². The van der Waals surface area contributed by atoms with E-state index in [9.17, 15) is 14.4 Å². The lowest BCUT2D eigenvalue weighted by atomic mass is 10.0. The van der Waals surface area contributed by atoms with Crippen LogP contribution in [0.2, 0.25) is 0 Å². The Labute approximate surface area is 321 Å². The van der Waals surface area contributed by atoms with E-state index in [1.54, 1.807) is 4.90 Å². The largest absolute Gasteiger partial charge is 0.453 e. The third-order valence-electron chi connectivity index (χ3n) is 10.5. The molecule has 2 saturated heterocycles. The molecule has 3 amide bonds. The molecule has 55 heavy (non-hydrogen) atoms. The van der Waals surface area contributed by atoms with Gasteiger partial charge in [0.25, 0.3) is 5.91 Å². The molecule has 0 radical (unpaired) electrons. The number of nitrogens with zero attached hydrogens (tertiary/aromatic N) is 3. The molecule has 4 aromatic rings. The van der Waals surface area contributed by atoms with Crippen molar-refractivity contribution in [2.45, 2.75) is 57.9 Å². The van der Waals surface area contributed by atoms with E-state index in [-0.39, 0.29) is 29.9 Å². The third kappa shape index (κ3) is 9.01. The molecule has 3 aromatic carbocycles. The number of ether oxygens (including phenoxy) is 4. The Bertz CT molecular complexity index is 1920. The van der Waals surface area contributed by atoms with Gasteiger partial charge in [-0.1, -0.05) is 50.2 Å². The number of nitrogens with one attached hydrogen (secondary N) is 3. The molecule has 3 aliphatic heterocycles. The van der Waals surface area contributed by atoms with Crippen LogP contribution in [0.25, 0.3) is 22.4 Å². The second-order valence-electron chi connectivity index (χ2n) is 14.6. The van der Waals surface area contributed by atoms with Crippen LogP contribution in [0, 0.1) is 5.92 Å². The van der Waals surface area contributed by atoms with Gasteiger partial charge in [0, 0.05) is 61.8 Å². The monoisotopic (exact) mass is 750 g/mol. The fourth-order valence-corrected chi connectivity index (χ4v) is 7.38. The maximum absolute atomic E-state index is 14.0. The number of hydrogen-bond donors (Lipinski definition) is 3.